The van der Waals surface area contributed by atoms with Crippen LogP contribution >= 0.6 is 11.3 Å². The van der Waals surface area contributed by atoms with Crippen molar-refractivity contribution in [2.24, 2.45) is 11.3 Å². The molecule has 3 N–H and O–H groups in total. The molecule has 1 aromatic heterocycles. The van der Waals surface area contributed by atoms with Gasteiger partial charge >= 0.3 is 5.97 Å². The standard InChI is InChI=1S/C20H24N2O3S/c1-20(2)8-7-16-14(9-20)17(19(23)24)18(26-16)13-5-3-4-6-15(13)25-12-10-22(21)11-12/h3-6,12H,7-11,21H2,1-2H3,(H,23,24). The van der Waals surface area contributed by atoms with Gasteiger partial charge in [0, 0.05) is 10.4 Å². The van der Waals surface area contributed by atoms with Crippen LogP contribution in [-0.2, 0) is 12.8 Å². The monoisotopic (exact) mass is 372 g/mol. The Morgan fingerprint density at radius 1 is 1.35 bits per heavy atom. The number of fused-ring (bicyclic) bond motifs is 1. The molecule has 1 aliphatic carbocycles. The van der Waals surface area contributed by atoms with E-state index in [4.69, 9.17) is 10.6 Å². The number of aromatic carboxylic acids is 1. The maximum absolute atomic E-state index is 12.1. The van der Waals surface area contributed by atoms with Gasteiger partial charge in [-0.15, -0.1) is 11.3 Å². The van der Waals surface area contributed by atoms with E-state index in [1.807, 2.05) is 24.3 Å². The van der Waals surface area contributed by atoms with Crippen molar-refractivity contribution in [3.63, 3.8) is 0 Å². The molecule has 26 heavy (non-hydrogen) atoms. The molecule has 1 fully saturated rings. The first-order valence-electron chi connectivity index (χ1n) is 8.97. The summed E-state index contributed by atoms with van der Waals surface area (Å²) < 4.78 is 6.11. The molecule has 6 heteroatoms. The SMILES string of the molecule is CC1(C)CCc2sc(-c3ccccc3OC3CN(N)C3)c(C(=O)O)c2C1. The number of para-hydroxylation sites is 1. The molecule has 2 heterocycles. The Bertz CT molecular complexity index is 853. The van der Waals surface area contributed by atoms with Crippen LogP contribution in [0.4, 0.5) is 0 Å². The minimum atomic E-state index is -0.846. The predicted molar refractivity (Wildman–Crippen MR) is 103 cm³/mol. The highest BCUT2D eigenvalue weighted by molar-refractivity contribution is 7.16. The van der Waals surface area contributed by atoms with E-state index in [-0.39, 0.29) is 11.5 Å². The van der Waals surface area contributed by atoms with Crippen LogP contribution in [0, 0.1) is 5.41 Å². The van der Waals surface area contributed by atoms with Gasteiger partial charge in [-0.3, -0.25) is 5.84 Å². The van der Waals surface area contributed by atoms with Gasteiger partial charge < -0.3 is 9.84 Å². The summed E-state index contributed by atoms with van der Waals surface area (Å²) >= 11 is 1.62. The summed E-state index contributed by atoms with van der Waals surface area (Å²) in [4.78, 5) is 14.2. The smallest absolute Gasteiger partial charge is 0.337 e. The molecule has 138 valence electrons. The van der Waals surface area contributed by atoms with Crippen molar-refractivity contribution in [3.05, 3.63) is 40.3 Å². The number of benzene rings is 1. The summed E-state index contributed by atoms with van der Waals surface area (Å²) in [5.74, 6) is 5.60. The van der Waals surface area contributed by atoms with Crippen LogP contribution in [-0.4, -0.2) is 35.3 Å². The minimum Gasteiger partial charge on any atom is -0.487 e. The second-order valence-electron chi connectivity index (χ2n) is 8.04. The summed E-state index contributed by atoms with van der Waals surface area (Å²) in [5.41, 5.74) is 2.49. The van der Waals surface area contributed by atoms with Crippen LogP contribution in [0.25, 0.3) is 10.4 Å². The van der Waals surface area contributed by atoms with Crippen LogP contribution in [0.15, 0.2) is 24.3 Å². The fourth-order valence-corrected chi connectivity index (χ4v) is 5.16. The van der Waals surface area contributed by atoms with Crippen molar-refractivity contribution >= 4 is 17.3 Å². The highest BCUT2D eigenvalue weighted by Crippen LogP contribution is 2.47. The largest absolute Gasteiger partial charge is 0.487 e. The molecule has 1 aliphatic heterocycles. The predicted octanol–water partition coefficient (Wildman–Crippen LogP) is 3.56. The zero-order valence-electron chi connectivity index (χ0n) is 15.1. The molecule has 5 nitrogen and oxygen atoms in total. The molecule has 0 bridgehead atoms. The quantitative estimate of drug-likeness (QED) is 0.803. The van der Waals surface area contributed by atoms with E-state index < -0.39 is 5.97 Å². The summed E-state index contributed by atoms with van der Waals surface area (Å²) in [6, 6.07) is 7.74. The highest BCUT2D eigenvalue weighted by atomic mass is 32.1. The van der Waals surface area contributed by atoms with E-state index in [1.54, 1.807) is 16.3 Å². The lowest BCUT2D eigenvalue weighted by atomic mass is 9.76. The third-order valence-corrected chi connectivity index (χ3v) is 6.62. The van der Waals surface area contributed by atoms with Gasteiger partial charge in [0.25, 0.3) is 0 Å². The number of aryl methyl sites for hydroxylation is 1. The Labute approximate surface area is 157 Å². The average Bonchev–Trinajstić information content (AvgIpc) is 2.91. The molecule has 2 aliphatic rings. The number of hydrazine groups is 1. The van der Waals surface area contributed by atoms with Crippen molar-refractivity contribution < 1.29 is 14.6 Å². The molecule has 0 radical (unpaired) electrons. The number of thiophene rings is 1. The second-order valence-corrected chi connectivity index (χ2v) is 9.15. The number of hydrogen-bond donors (Lipinski definition) is 2. The van der Waals surface area contributed by atoms with Gasteiger partial charge in [-0.1, -0.05) is 26.0 Å². The van der Waals surface area contributed by atoms with Crippen molar-refractivity contribution in [3.8, 4) is 16.2 Å². The van der Waals surface area contributed by atoms with E-state index in [9.17, 15) is 9.90 Å². The maximum Gasteiger partial charge on any atom is 0.337 e. The van der Waals surface area contributed by atoms with Gasteiger partial charge in [-0.05, 0) is 42.4 Å². The fourth-order valence-electron chi connectivity index (χ4n) is 3.82. The minimum absolute atomic E-state index is 0.0583. The van der Waals surface area contributed by atoms with E-state index >= 15 is 0 Å². The Balaban J connectivity index is 1.77. The lowest BCUT2D eigenvalue weighted by molar-refractivity contribution is 0.0201. The van der Waals surface area contributed by atoms with Gasteiger partial charge in [0.15, 0.2) is 0 Å². The third-order valence-electron chi connectivity index (χ3n) is 5.29. The van der Waals surface area contributed by atoms with Crippen molar-refractivity contribution in [1.82, 2.24) is 5.01 Å². The van der Waals surface area contributed by atoms with Gasteiger partial charge in [0.05, 0.1) is 23.5 Å². The fraction of sp³-hybridized carbons (Fsp3) is 0.450. The number of nitrogens with zero attached hydrogens (tertiary/aromatic N) is 1. The zero-order chi connectivity index (χ0) is 18.5. The Kier molecular flexibility index (Phi) is 4.29. The molecule has 1 aromatic carbocycles. The molecule has 1 saturated heterocycles. The molecule has 2 aromatic rings. The molecular weight excluding hydrogens is 348 g/mol. The molecule has 0 spiro atoms. The number of rotatable bonds is 4. The first-order valence-corrected chi connectivity index (χ1v) is 9.79. The van der Waals surface area contributed by atoms with Crippen LogP contribution in [0.1, 0.15) is 41.1 Å². The number of carboxylic acids is 1. The highest BCUT2D eigenvalue weighted by Gasteiger charge is 2.34. The van der Waals surface area contributed by atoms with E-state index in [0.29, 0.717) is 18.7 Å². The molecule has 0 saturated carbocycles. The van der Waals surface area contributed by atoms with Crippen LogP contribution in [0.5, 0.6) is 5.75 Å². The lowest BCUT2D eigenvalue weighted by Crippen LogP contribution is -2.57. The zero-order valence-corrected chi connectivity index (χ0v) is 15.9. The van der Waals surface area contributed by atoms with Gasteiger partial charge in [-0.2, -0.15) is 0 Å². The van der Waals surface area contributed by atoms with Crippen molar-refractivity contribution in [2.45, 2.75) is 39.2 Å². The molecular formula is C20H24N2O3S. The normalized spacial score (nSPS) is 19.7. The Morgan fingerprint density at radius 2 is 2.08 bits per heavy atom. The average molecular weight is 372 g/mol. The van der Waals surface area contributed by atoms with Gasteiger partial charge in [-0.25, -0.2) is 9.80 Å². The van der Waals surface area contributed by atoms with Gasteiger partial charge in [0.2, 0.25) is 0 Å². The molecule has 0 unspecified atom stereocenters. The van der Waals surface area contributed by atoms with Crippen LogP contribution in [0.2, 0.25) is 0 Å². The molecule has 0 amide bonds. The van der Waals surface area contributed by atoms with E-state index in [2.05, 4.69) is 13.8 Å². The first kappa shape index (κ1) is 17.5. The number of carbonyl (C=O) groups is 1. The number of nitrogens with two attached hydrogens (primary N) is 1. The number of ether oxygens (including phenoxy) is 1. The topological polar surface area (TPSA) is 75.8 Å². The van der Waals surface area contributed by atoms with Crippen LogP contribution < -0.4 is 10.6 Å². The van der Waals surface area contributed by atoms with E-state index in [1.165, 1.54) is 4.88 Å². The van der Waals surface area contributed by atoms with Crippen molar-refractivity contribution in [1.29, 1.82) is 0 Å². The molecule has 4 rings (SSSR count). The maximum atomic E-state index is 12.1. The third kappa shape index (κ3) is 3.13. The van der Waals surface area contributed by atoms with E-state index in [0.717, 1.165) is 41.0 Å². The van der Waals surface area contributed by atoms with Crippen molar-refractivity contribution in [2.75, 3.05) is 13.1 Å². The van der Waals surface area contributed by atoms with Crippen LogP contribution in [0.3, 0.4) is 0 Å². The first-order chi connectivity index (χ1) is 12.3. The number of hydrogen-bond acceptors (Lipinski definition) is 5. The number of carboxylic acid groups (broad SMARTS) is 1. The Morgan fingerprint density at radius 3 is 2.77 bits per heavy atom. The lowest BCUT2D eigenvalue weighted by Gasteiger charge is -2.35. The summed E-state index contributed by atoms with van der Waals surface area (Å²) in [6.07, 6.45) is 2.91. The van der Waals surface area contributed by atoms with Gasteiger partial charge in [0.1, 0.15) is 11.9 Å². The second kappa shape index (κ2) is 6.37. The Hall–Kier alpha value is -1.89. The summed E-state index contributed by atoms with van der Waals surface area (Å²) in [6.45, 7) is 5.81. The summed E-state index contributed by atoms with van der Waals surface area (Å²) in [5, 5.41) is 11.7. The summed E-state index contributed by atoms with van der Waals surface area (Å²) in [7, 11) is 0. The molecule has 0 atom stereocenters.